The predicted molar refractivity (Wildman–Crippen MR) is 83.3 cm³/mol. The molecule has 1 aliphatic carbocycles. The zero-order chi connectivity index (χ0) is 16.2. The van der Waals surface area contributed by atoms with Crippen LogP contribution in [0.5, 0.6) is 0 Å². The van der Waals surface area contributed by atoms with Crippen LogP contribution in [-0.2, 0) is 6.42 Å². The van der Waals surface area contributed by atoms with Gasteiger partial charge in [-0.25, -0.2) is 0 Å². The lowest BCUT2D eigenvalue weighted by atomic mass is 10.1. The number of pyridine rings is 1. The van der Waals surface area contributed by atoms with E-state index in [2.05, 4.69) is 20.4 Å². The van der Waals surface area contributed by atoms with Crippen molar-refractivity contribution in [2.45, 2.75) is 44.9 Å². The first kappa shape index (κ1) is 15.5. The molecule has 0 saturated heterocycles. The molecule has 3 rings (SSSR count). The topological polar surface area (TPSA) is 101 Å². The molecule has 1 aliphatic rings. The largest absolute Gasteiger partial charge is 0.354 e. The second-order valence-electron chi connectivity index (χ2n) is 5.95. The molecular formula is C16H20N4O3. The number of nitrogens with one attached hydrogen (secondary N) is 2. The number of carbonyl (C=O) groups is 1. The van der Waals surface area contributed by atoms with Crippen molar-refractivity contribution < 1.29 is 9.32 Å². The average molecular weight is 316 g/mol. The van der Waals surface area contributed by atoms with Gasteiger partial charge in [0.25, 0.3) is 5.91 Å². The highest BCUT2D eigenvalue weighted by Crippen LogP contribution is 2.32. The quantitative estimate of drug-likeness (QED) is 0.874. The van der Waals surface area contributed by atoms with Gasteiger partial charge in [0.15, 0.2) is 11.3 Å². The van der Waals surface area contributed by atoms with Crippen LogP contribution in [0.2, 0.25) is 0 Å². The number of rotatable bonds is 5. The molecular weight excluding hydrogens is 296 g/mol. The molecule has 0 unspecified atom stereocenters. The number of carbonyl (C=O) groups excluding carboxylic acids is 1. The van der Waals surface area contributed by atoms with Crippen molar-refractivity contribution in [2.75, 3.05) is 6.54 Å². The van der Waals surface area contributed by atoms with Crippen LogP contribution < -0.4 is 10.7 Å². The molecule has 1 amide bonds. The molecule has 1 saturated carbocycles. The van der Waals surface area contributed by atoms with E-state index < -0.39 is 0 Å². The summed E-state index contributed by atoms with van der Waals surface area (Å²) in [5.41, 5.74) is 0.725. The molecule has 122 valence electrons. The maximum absolute atomic E-state index is 12.0. The standard InChI is InChI=1S/C16H20N4O3/c1-10-8-12(21)9-13(18-10)15(22)17-7-6-14-19-16(23-20-14)11-4-2-3-5-11/h8-9,11H,2-7H2,1H3,(H,17,22)(H,18,21). The van der Waals surface area contributed by atoms with Gasteiger partial charge < -0.3 is 14.8 Å². The van der Waals surface area contributed by atoms with Crippen molar-refractivity contribution in [1.29, 1.82) is 0 Å². The number of H-pyrrole nitrogens is 1. The Hall–Kier alpha value is -2.44. The maximum Gasteiger partial charge on any atom is 0.267 e. The van der Waals surface area contributed by atoms with Crippen LogP contribution in [0.15, 0.2) is 21.5 Å². The van der Waals surface area contributed by atoms with Crippen LogP contribution in [-0.4, -0.2) is 27.6 Å². The van der Waals surface area contributed by atoms with Gasteiger partial charge in [-0.2, -0.15) is 4.98 Å². The fourth-order valence-corrected chi connectivity index (χ4v) is 2.89. The summed E-state index contributed by atoms with van der Waals surface area (Å²) in [7, 11) is 0. The average Bonchev–Trinajstić information content (AvgIpc) is 3.17. The Labute approximate surface area is 133 Å². The fourth-order valence-electron chi connectivity index (χ4n) is 2.89. The second kappa shape index (κ2) is 6.76. The third kappa shape index (κ3) is 3.85. The Bertz CT molecular complexity index is 744. The summed E-state index contributed by atoms with van der Waals surface area (Å²) >= 11 is 0. The number of aromatic amines is 1. The van der Waals surface area contributed by atoms with E-state index in [0.29, 0.717) is 36.3 Å². The lowest BCUT2D eigenvalue weighted by Crippen LogP contribution is -2.28. The molecule has 23 heavy (non-hydrogen) atoms. The second-order valence-corrected chi connectivity index (χ2v) is 5.95. The monoisotopic (exact) mass is 316 g/mol. The first-order valence-electron chi connectivity index (χ1n) is 7.93. The van der Waals surface area contributed by atoms with E-state index in [9.17, 15) is 9.59 Å². The Kier molecular flexibility index (Phi) is 4.55. The van der Waals surface area contributed by atoms with Crippen LogP contribution >= 0.6 is 0 Å². The van der Waals surface area contributed by atoms with Gasteiger partial charge >= 0.3 is 0 Å². The van der Waals surface area contributed by atoms with Crippen molar-refractivity contribution >= 4 is 5.91 Å². The normalized spacial score (nSPS) is 15.0. The Balaban J connectivity index is 1.52. The lowest BCUT2D eigenvalue weighted by Gasteiger charge is -2.04. The molecule has 2 aromatic heterocycles. The van der Waals surface area contributed by atoms with Crippen molar-refractivity contribution in [2.24, 2.45) is 0 Å². The number of aromatic nitrogens is 3. The zero-order valence-corrected chi connectivity index (χ0v) is 13.1. The number of nitrogens with zero attached hydrogens (tertiary/aromatic N) is 2. The maximum atomic E-state index is 12.0. The Morgan fingerprint density at radius 1 is 1.39 bits per heavy atom. The highest BCUT2D eigenvalue weighted by molar-refractivity contribution is 5.92. The van der Waals surface area contributed by atoms with Gasteiger partial charge in [-0.3, -0.25) is 9.59 Å². The molecule has 0 bridgehead atoms. The van der Waals surface area contributed by atoms with E-state index in [0.717, 1.165) is 12.8 Å². The van der Waals surface area contributed by atoms with Gasteiger partial charge in [0, 0.05) is 36.7 Å². The number of aryl methyl sites for hydroxylation is 1. The number of hydrogen-bond acceptors (Lipinski definition) is 5. The van der Waals surface area contributed by atoms with Gasteiger partial charge in [-0.05, 0) is 19.8 Å². The Morgan fingerprint density at radius 3 is 2.91 bits per heavy atom. The minimum atomic E-state index is -0.315. The molecule has 2 aromatic rings. The van der Waals surface area contributed by atoms with Crippen LogP contribution in [0, 0.1) is 6.92 Å². The molecule has 7 nitrogen and oxygen atoms in total. The summed E-state index contributed by atoms with van der Waals surface area (Å²) in [5.74, 6) is 1.39. The molecule has 0 aliphatic heterocycles. The first-order chi connectivity index (χ1) is 11.1. The molecule has 7 heteroatoms. The summed E-state index contributed by atoms with van der Waals surface area (Å²) in [6, 6.07) is 2.73. The van der Waals surface area contributed by atoms with E-state index in [1.165, 1.54) is 25.0 Å². The van der Waals surface area contributed by atoms with E-state index in [1.807, 2.05) is 0 Å². The highest BCUT2D eigenvalue weighted by Gasteiger charge is 2.22. The zero-order valence-electron chi connectivity index (χ0n) is 13.1. The summed E-state index contributed by atoms with van der Waals surface area (Å²) in [6.07, 6.45) is 5.15. The smallest absolute Gasteiger partial charge is 0.267 e. The molecule has 0 atom stereocenters. The van der Waals surface area contributed by atoms with Gasteiger partial charge in [-0.15, -0.1) is 0 Å². The van der Waals surface area contributed by atoms with Crippen molar-refractivity contribution in [3.63, 3.8) is 0 Å². The SMILES string of the molecule is Cc1cc(=O)cc(C(=O)NCCc2noc(C3CCCC3)n2)[nH]1. The van der Waals surface area contributed by atoms with Crippen molar-refractivity contribution in [3.8, 4) is 0 Å². The van der Waals surface area contributed by atoms with Crippen LogP contribution in [0.1, 0.15) is 59.5 Å². The Morgan fingerprint density at radius 2 is 2.17 bits per heavy atom. The van der Waals surface area contributed by atoms with E-state index >= 15 is 0 Å². The third-order valence-electron chi connectivity index (χ3n) is 4.04. The van der Waals surface area contributed by atoms with Gasteiger partial charge in [-0.1, -0.05) is 18.0 Å². The molecule has 0 spiro atoms. The summed E-state index contributed by atoms with van der Waals surface area (Å²) in [5, 5.41) is 6.71. The fraction of sp³-hybridized carbons (Fsp3) is 0.500. The molecule has 2 heterocycles. The van der Waals surface area contributed by atoms with Gasteiger partial charge in [0.05, 0.1) is 0 Å². The lowest BCUT2D eigenvalue weighted by molar-refractivity contribution is 0.0948. The third-order valence-corrected chi connectivity index (χ3v) is 4.04. The molecule has 1 fully saturated rings. The summed E-state index contributed by atoms with van der Waals surface area (Å²) in [4.78, 5) is 30.7. The van der Waals surface area contributed by atoms with Gasteiger partial charge in [0.1, 0.15) is 5.69 Å². The molecule has 2 N–H and O–H groups in total. The van der Waals surface area contributed by atoms with E-state index in [1.54, 1.807) is 6.92 Å². The van der Waals surface area contributed by atoms with E-state index in [-0.39, 0.29) is 17.0 Å². The number of hydrogen-bond donors (Lipinski definition) is 2. The minimum absolute atomic E-state index is 0.189. The van der Waals surface area contributed by atoms with Crippen molar-refractivity contribution in [3.05, 3.63) is 45.5 Å². The van der Waals surface area contributed by atoms with Crippen molar-refractivity contribution in [1.82, 2.24) is 20.4 Å². The van der Waals surface area contributed by atoms with Gasteiger partial charge in [0.2, 0.25) is 5.89 Å². The number of amides is 1. The van der Waals surface area contributed by atoms with Crippen LogP contribution in [0.25, 0.3) is 0 Å². The van der Waals surface area contributed by atoms with Crippen LogP contribution in [0.4, 0.5) is 0 Å². The minimum Gasteiger partial charge on any atom is -0.354 e. The van der Waals surface area contributed by atoms with Crippen LogP contribution in [0.3, 0.4) is 0 Å². The predicted octanol–water partition coefficient (Wildman–Crippen LogP) is 1.70. The molecule has 0 radical (unpaired) electrons. The first-order valence-corrected chi connectivity index (χ1v) is 7.93. The summed E-state index contributed by atoms with van der Waals surface area (Å²) < 4.78 is 5.30. The highest BCUT2D eigenvalue weighted by atomic mass is 16.5. The summed E-state index contributed by atoms with van der Waals surface area (Å²) in [6.45, 7) is 2.13. The molecule has 0 aromatic carbocycles. The van der Waals surface area contributed by atoms with E-state index in [4.69, 9.17) is 4.52 Å².